The summed E-state index contributed by atoms with van der Waals surface area (Å²) in [5.74, 6) is 4.36. The highest BCUT2D eigenvalue weighted by molar-refractivity contribution is 5.93. The van der Waals surface area contributed by atoms with Crippen molar-refractivity contribution < 1.29 is 9.18 Å². The number of amides is 1. The van der Waals surface area contributed by atoms with Crippen LogP contribution >= 0.6 is 0 Å². The Morgan fingerprint density at radius 3 is 2.72 bits per heavy atom. The Hall–Kier alpha value is -1.46. The number of hydrogen-bond donors (Lipinski definition) is 2. The van der Waals surface area contributed by atoms with Crippen molar-refractivity contribution in [3.05, 3.63) is 35.1 Å². The maximum Gasteiger partial charge on any atom is 0.265 e. The van der Waals surface area contributed by atoms with Crippen molar-refractivity contribution in [1.82, 2.24) is 10.3 Å². The summed E-state index contributed by atoms with van der Waals surface area (Å²) in [6.07, 6.45) is 1.01. The molecule has 0 aliphatic rings. The molecule has 0 heterocycles. The molecule has 0 atom stereocenters. The van der Waals surface area contributed by atoms with Gasteiger partial charge in [-0.1, -0.05) is 13.8 Å². The number of nitrogens with two attached hydrogens (primary N) is 1. The number of hydrogen-bond acceptors (Lipinski definition) is 3. The molecular weight excluding hydrogens is 233 g/mol. The second kappa shape index (κ2) is 7.08. The van der Waals surface area contributed by atoms with Crippen molar-refractivity contribution >= 4 is 5.91 Å². The van der Waals surface area contributed by atoms with E-state index in [4.69, 9.17) is 5.84 Å². The minimum atomic E-state index is -0.408. The third-order valence-corrected chi connectivity index (χ3v) is 2.82. The molecule has 4 nitrogen and oxygen atoms in total. The topological polar surface area (TPSA) is 58.4 Å². The minimum Gasteiger partial charge on any atom is -0.299 e. The molecule has 1 rings (SSSR count). The van der Waals surface area contributed by atoms with Crippen LogP contribution in [0.5, 0.6) is 0 Å². The first-order chi connectivity index (χ1) is 8.62. The molecule has 1 amide bonds. The lowest BCUT2D eigenvalue weighted by atomic mass is 10.1. The Balaban J connectivity index is 2.89. The van der Waals surface area contributed by atoms with E-state index in [2.05, 4.69) is 11.8 Å². The molecule has 5 heteroatoms. The monoisotopic (exact) mass is 253 g/mol. The Morgan fingerprint density at radius 2 is 2.17 bits per heavy atom. The normalized spacial score (nSPS) is 10.7. The predicted octanol–water partition coefficient (Wildman–Crippen LogP) is 1.66. The number of carbonyl (C=O) groups excluding carboxylic acids is 1. The molecule has 0 aliphatic heterocycles. The first kappa shape index (κ1) is 14.6. The maximum atomic E-state index is 13.7. The van der Waals surface area contributed by atoms with Crippen LogP contribution in [-0.4, -0.2) is 23.9 Å². The number of benzene rings is 1. The van der Waals surface area contributed by atoms with Gasteiger partial charge in [0.1, 0.15) is 5.82 Å². The van der Waals surface area contributed by atoms with Crippen molar-refractivity contribution in [2.75, 3.05) is 13.1 Å². The van der Waals surface area contributed by atoms with E-state index in [9.17, 15) is 9.18 Å². The van der Waals surface area contributed by atoms with Crippen LogP contribution in [0.25, 0.3) is 0 Å². The van der Waals surface area contributed by atoms with Crippen LogP contribution in [0, 0.1) is 5.82 Å². The highest BCUT2D eigenvalue weighted by Gasteiger charge is 2.11. The van der Waals surface area contributed by atoms with Gasteiger partial charge in [0, 0.05) is 17.7 Å². The van der Waals surface area contributed by atoms with Gasteiger partial charge < -0.3 is 0 Å². The maximum absolute atomic E-state index is 13.7. The highest BCUT2D eigenvalue weighted by atomic mass is 19.1. The fourth-order valence-corrected chi connectivity index (χ4v) is 1.83. The summed E-state index contributed by atoms with van der Waals surface area (Å²) >= 11 is 0. The zero-order chi connectivity index (χ0) is 13.5. The average molecular weight is 253 g/mol. The van der Waals surface area contributed by atoms with Gasteiger partial charge in [-0.25, -0.2) is 10.2 Å². The summed E-state index contributed by atoms with van der Waals surface area (Å²) in [6, 6.07) is 4.28. The SMILES string of the molecule is CCCN(CC)Cc1cc(C(=O)NN)ccc1F. The number of rotatable bonds is 6. The number of nitrogens with zero attached hydrogens (tertiary/aromatic N) is 1. The van der Waals surface area contributed by atoms with Gasteiger partial charge in [0.2, 0.25) is 0 Å². The predicted molar refractivity (Wildman–Crippen MR) is 69.3 cm³/mol. The molecule has 0 spiro atoms. The van der Waals surface area contributed by atoms with Crippen LogP contribution < -0.4 is 11.3 Å². The Morgan fingerprint density at radius 1 is 1.44 bits per heavy atom. The van der Waals surface area contributed by atoms with E-state index in [1.807, 2.05) is 12.3 Å². The zero-order valence-corrected chi connectivity index (χ0v) is 10.9. The van der Waals surface area contributed by atoms with Gasteiger partial charge in [-0.2, -0.15) is 0 Å². The molecule has 0 bridgehead atoms. The first-order valence-corrected chi connectivity index (χ1v) is 6.14. The summed E-state index contributed by atoms with van der Waals surface area (Å²) in [5.41, 5.74) is 2.94. The van der Waals surface area contributed by atoms with Crippen LogP contribution in [0.4, 0.5) is 4.39 Å². The van der Waals surface area contributed by atoms with Gasteiger partial charge >= 0.3 is 0 Å². The zero-order valence-electron chi connectivity index (χ0n) is 10.9. The minimum absolute atomic E-state index is 0.293. The van der Waals surface area contributed by atoms with Crippen LogP contribution in [0.2, 0.25) is 0 Å². The van der Waals surface area contributed by atoms with E-state index in [1.54, 1.807) is 6.07 Å². The molecule has 0 saturated heterocycles. The molecule has 0 aromatic heterocycles. The van der Waals surface area contributed by atoms with E-state index < -0.39 is 5.91 Å². The van der Waals surface area contributed by atoms with Crippen LogP contribution in [0.15, 0.2) is 18.2 Å². The summed E-state index contributed by atoms with van der Waals surface area (Å²) in [7, 11) is 0. The van der Waals surface area contributed by atoms with Gasteiger partial charge in [-0.05, 0) is 37.7 Å². The van der Waals surface area contributed by atoms with Crippen molar-refractivity contribution in [3.8, 4) is 0 Å². The van der Waals surface area contributed by atoms with Crippen LogP contribution in [-0.2, 0) is 6.54 Å². The van der Waals surface area contributed by atoms with E-state index in [0.29, 0.717) is 17.7 Å². The second-order valence-corrected chi connectivity index (χ2v) is 4.15. The van der Waals surface area contributed by atoms with Crippen molar-refractivity contribution in [1.29, 1.82) is 0 Å². The molecule has 0 unspecified atom stereocenters. The quantitative estimate of drug-likeness (QED) is 0.460. The van der Waals surface area contributed by atoms with E-state index >= 15 is 0 Å². The average Bonchev–Trinajstić information content (AvgIpc) is 2.39. The van der Waals surface area contributed by atoms with E-state index in [-0.39, 0.29) is 5.82 Å². The van der Waals surface area contributed by atoms with Crippen molar-refractivity contribution in [2.45, 2.75) is 26.8 Å². The summed E-state index contributed by atoms with van der Waals surface area (Å²) in [6.45, 7) is 6.37. The third kappa shape index (κ3) is 3.78. The Bertz CT molecular complexity index is 409. The van der Waals surface area contributed by atoms with Gasteiger partial charge in [0.15, 0.2) is 0 Å². The lowest BCUT2D eigenvalue weighted by Crippen LogP contribution is -2.30. The summed E-state index contributed by atoms with van der Waals surface area (Å²) in [5, 5.41) is 0. The fourth-order valence-electron chi connectivity index (χ4n) is 1.83. The summed E-state index contributed by atoms with van der Waals surface area (Å²) < 4.78 is 13.7. The molecule has 1 aromatic carbocycles. The molecule has 3 N–H and O–H groups in total. The van der Waals surface area contributed by atoms with Crippen LogP contribution in [0.1, 0.15) is 36.2 Å². The molecule has 18 heavy (non-hydrogen) atoms. The van der Waals surface area contributed by atoms with E-state index in [0.717, 1.165) is 19.5 Å². The molecule has 0 saturated carbocycles. The van der Waals surface area contributed by atoms with Gasteiger partial charge in [-0.15, -0.1) is 0 Å². The smallest absolute Gasteiger partial charge is 0.265 e. The van der Waals surface area contributed by atoms with Gasteiger partial charge in [-0.3, -0.25) is 15.1 Å². The third-order valence-electron chi connectivity index (χ3n) is 2.82. The fraction of sp³-hybridized carbons (Fsp3) is 0.462. The first-order valence-electron chi connectivity index (χ1n) is 6.14. The molecule has 100 valence electrons. The van der Waals surface area contributed by atoms with Crippen molar-refractivity contribution in [2.24, 2.45) is 5.84 Å². The number of halogens is 1. The van der Waals surface area contributed by atoms with E-state index in [1.165, 1.54) is 12.1 Å². The lowest BCUT2D eigenvalue weighted by molar-refractivity contribution is 0.0953. The number of nitrogen functional groups attached to an aromatic ring is 1. The Kier molecular flexibility index (Phi) is 5.74. The molecule has 0 radical (unpaired) electrons. The van der Waals surface area contributed by atoms with Gasteiger partial charge in [0.25, 0.3) is 5.91 Å². The summed E-state index contributed by atoms with van der Waals surface area (Å²) in [4.78, 5) is 13.5. The standard InChI is InChI=1S/C13H20FN3O/c1-3-7-17(4-2)9-11-8-10(13(18)16-15)5-6-12(11)14/h5-6,8H,3-4,7,9,15H2,1-2H3,(H,16,18). The van der Waals surface area contributed by atoms with Crippen LogP contribution in [0.3, 0.4) is 0 Å². The molecule has 0 aliphatic carbocycles. The lowest BCUT2D eigenvalue weighted by Gasteiger charge is -2.20. The Labute approximate surface area is 107 Å². The molecule has 0 fully saturated rings. The number of nitrogens with one attached hydrogen (secondary N) is 1. The molecule has 1 aromatic rings. The number of hydrazine groups is 1. The van der Waals surface area contributed by atoms with Gasteiger partial charge in [0.05, 0.1) is 0 Å². The number of carbonyl (C=O) groups is 1. The largest absolute Gasteiger partial charge is 0.299 e. The van der Waals surface area contributed by atoms with Crippen molar-refractivity contribution in [3.63, 3.8) is 0 Å². The second-order valence-electron chi connectivity index (χ2n) is 4.15. The molecular formula is C13H20FN3O. The highest BCUT2D eigenvalue weighted by Crippen LogP contribution is 2.13.